The Balaban J connectivity index is 1.69. The molecule has 0 radical (unpaired) electrons. The summed E-state index contributed by atoms with van der Waals surface area (Å²) in [4.78, 5) is 23.7. The molecule has 1 aliphatic rings. The van der Waals surface area contributed by atoms with Crippen LogP contribution < -0.4 is 5.32 Å². The zero-order chi connectivity index (χ0) is 13.1. The Morgan fingerprint density at radius 3 is 2.78 bits per heavy atom. The van der Waals surface area contributed by atoms with Crippen LogP contribution in [0.5, 0.6) is 0 Å². The lowest BCUT2D eigenvalue weighted by atomic mass is 9.97. The Hall–Kier alpha value is -1.98. The van der Waals surface area contributed by atoms with E-state index in [1.165, 1.54) is 0 Å². The van der Waals surface area contributed by atoms with Crippen LogP contribution in [0.25, 0.3) is 0 Å². The van der Waals surface area contributed by atoms with Gasteiger partial charge in [0, 0.05) is 19.0 Å². The van der Waals surface area contributed by atoms with Gasteiger partial charge in [-0.05, 0) is 19.1 Å². The summed E-state index contributed by atoms with van der Waals surface area (Å²) in [6.07, 6.45) is 0.126. The highest BCUT2D eigenvalue weighted by Crippen LogP contribution is 2.18. The number of rotatable bonds is 4. The van der Waals surface area contributed by atoms with Gasteiger partial charge in [-0.15, -0.1) is 0 Å². The van der Waals surface area contributed by atoms with Crippen LogP contribution in [0.3, 0.4) is 0 Å². The van der Waals surface area contributed by atoms with Crippen molar-refractivity contribution in [3.63, 3.8) is 0 Å². The number of likely N-dealkylation sites (tertiary alicyclic amines) is 1. The molecule has 1 aliphatic heterocycles. The summed E-state index contributed by atoms with van der Waals surface area (Å²) < 4.78 is 5.33. The molecular formula is C12H16N2O4. The van der Waals surface area contributed by atoms with Crippen LogP contribution in [0.1, 0.15) is 17.9 Å². The van der Waals surface area contributed by atoms with Gasteiger partial charge in [-0.25, -0.2) is 4.79 Å². The number of urea groups is 1. The van der Waals surface area contributed by atoms with Crippen LogP contribution in [-0.2, 0) is 11.3 Å². The molecular weight excluding hydrogens is 236 g/mol. The molecule has 0 bridgehead atoms. The fourth-order valence-corrected chi connectivity index (χ4v) is 1.97. The van der Waals surface area contributed by atoms with Gasteiger partial charge < -0.3 is 19.7 Å². The number of carboxylic acid groups (broad SMARTS) is 1. The summed E-state index contributed by atoms with van der Waals surface area (Å²) in [5.41, 5.74) is 0. The maximum absolute atomic E-state index is 11.7. The Morgan fingerprint density at radius 2 is 2.22 bits per heavy atom. The first-order chi connectivity index (χ1) is 8.54. The van der Waals surface area contributed by atoms with Crippen molar-refractivity contribution in [2.75, 3.05) is 13.1 Å². The second-order valence-corrected chi connectivity index (χ2v) is 4.54. The normalized spacial score (nSPS) is 15.3. The molecule has 0 aliphatic carbocycles. The Labute approximate surface area is 105 Å². The Morgan fingerprint density at radius 1 is 1.50 bits per heavy atom. The van der Waals surface area contributed by atoms with E-state index in [9.17, 15) is 9.59 Å². The van der Waals surface area contributed by atoms with Crippen LogP contribution in [0.2, 0.25) is 0 Å². The van der Waals surface area contributed by atoms with Gasteiger partial charge in [0.1, 0.15) is 11.5 Å². The molecule has 1 fully saturated rings. The predicted octanol–water partition coefficient (Wildman–Crippen LogP) is 1.20. The minimum Gasteiger partial charge on any atom is -0.481 e. The first-order valence-corrected chi connectivity index (χ1v) is 5.84. The first-order valence-electron chi connectivity index (χ1n) is 5.84. The van der Waals surface area contributed by atoms with E-state index < -0.39 is 5.97 Å². The van der Waals surface area contributed by atoms with Crippen molar-refractivity contribution in [3.05, 3.63) is 23.7 Å². The maximum atomic E-state index is 11.7. The molecule has 6 heteroatoms. The number of carbonyl (C=O) groups excluding carboxylic acids is 1. The van der Waals surface area contributed by atoms with E-state index in [0.717, 1.165) is 5.76 Å². The third-order valence-electron chi connectivity index (χ3n) is 2.92. The number of aryl methyl sites for hydroxylation is 1. The maximum Gasteiger partial charge on any atom is 0.317 e. The second-order valence-electron chi connectivity index (χ2n) is 4.54. The SMILES string of the molecule is Cc1ccc(CNC(=O)N2CC(CC(=O)O)C2)o1. The van der Waals surface area contributed by atoms with Gasteiger partial charge in [-0.3, -0.25) is 4.79 Å². The van der Waals surface area contributed by atoms with Crippen LogP contribution in [0.4, 0.5) is 4.79 Å². The van der Waals surface area contributed by atoms with Crippen molar-refractivity contribution in [1.82, 2.24) is 10.2 Å². The van der Waals surface area contributed by atoms with Gasteiger partial charge in [0.25, 0.3) is 0 Å². The molecule has 1 saturated heterocycles. The third-order valence-corrected chi connectivity index (χ3v) is 2.92. The molecule has 2 rings (SSSR count). The lowest BCUT2D eigenvalue weighted by Gasteiger charge is -2.38. The number of amides is 2. The number of nitrogens with zero attached hydrogens (tertiary/aromatic N) is 1. The number of aliphatic carboxylic acids is 1. The molecule has 0 atom stereocenters. The summed E-state index contributed by atoms with van der Waals surface area (Å²) in [5, 5.41) is 11.3. The smallest absolute Gasteiger partial charge is 0.317 e. The van der Waals surface area contributed by atoms with Gasteiger partial charge in [0.2, 0.25) is 0 Å². The van der Waals surface area contributed by atoms with Gasteiger partial charge in [0.05, 0.1) is 13.0 Å². The molecule has 2 N–H and O–H groups in total. The molecule has 0 saturated carbocycles. The molecule has 2 amide bonds. The lowest BCUT2D eigenvalue weighted by molar-refractivity contribution is -0.139. The highest BCUT2D eigenvalue weighted by molar-refractivity contribution is 5.75. The molecule has 2 heterocycles. The third kappa shape index (κ3) is 3.03. The van der Waals surface area contributed by atoms with Crippen molar-refractivity contribution in [1.29, 1.82) is 0 Å². The highest BCUT2D eigenvalue weighted by Gasteiger charge is 2.31. The molecule has 18 heavy (non-hydrogen) atoms. The van der Waals surface area contributed by atoms with Gasteiger partial charge in [0.15, 0.2) is 0 Å². The molecule has 6 nitrogen and oxygen atoms in total. The summed E-state index contributed by atoms with van der Waals surface area (Å²) in [5.74, 6) is 0.790. The summed E-state index contributed by atoms with van der Waals surface area (Å²) in [6.45, 7) is 3.22. The first kappa shape index (κ1) is 12.5. The number of hydrogen-bond acceptors (Lipinski definition) is 3. The topological polar surface area (TPSA) is 82.8 Å². The van der Waals surface area contributed by atoms with E-state index in [1.807, 2.05) is 19.1 Å². The molecule has 0 unspecified atom stereocenters. The number of furan rings is 1. The van der Waals surface area contributed by atoms with Crippen molar-refractivity contribution in [3.8, 4) is 0 Å². The monoisotopic (exact) mass is 252 g/mol. The number of carboxylic acids is 1. The average molecular weight is 252 g/mol. The van der Waals surface area contributed by atoms with Gasteiger partial charge in [-0.2, -0.15) is 0 Å². The fraction of sp³-hybridized carbons (Fsp3) is 0.500. The predicted molar refractivity (Wildman–Crippen MR) is 63.0 cm³/mol. The summed E-state index contributed by atoms with van der Waals surface area (Å²) >= 11 is 0. The van der Waals surface area contributed by atoms with Gasteiger partial charge in [-0.1, -0.05) is 0 Å². The van der Waals surface area contributed by atoms with Crippen LogP contribution >= 0.6 is 0 Å². The summed E-state index contributed by atoms with van der Waals surface area (Å²) in [6, 6.07) is 3.48. The molecule has 98 valence electrons. The van der Waals surface area contributed by atoms with E-state index >= 15 is 0 Å². The quantitative estimate of drug-likeness (QED) is 0.843. The highest BCUT2D eigenvalue weighted by atomic mass is 16.4. The minimum atomic E-state index is -0.814. The van der Waals surface area contributed by atoms with Crippen molar-refractivity contribution < 1.29 is 19.1 Å². The second kappa shape index (κ2) is 5.12. The van der Waals surface area contributed by atoms with E-state index in [2.05, 4.69) is 5.32 Å². The van der Waals surface area contributed by atoms with E-state index in [4.69, 9.17) is 9.52 Å². The van der Waals surface area contributed by atoms with Crippen molar-refractivity contribution >= 4 is 12.0 Å². The number of nitrogens with one attached hydrogen (secondary N) is 1. The molecule has 1 aromatic heterocycles. The number of hydrogen-bond donors (Lipinski definition) is 2. The Bertz CT molecular complexity index is 449. The van der Waals surface area contributed by atoms with Crippen LogP contribution in [-0.4, -0.2) is 35.1 Å². The summed E-state index contributed by atoms with van der Waals surface area (Å²) in [7, 11) is 0. The van der Waals surface area contributed by atoms with Crippen LogP contribution in [0, 0.1) is 12.8 Å². The molecule has 0 spiro atoms. The largest absolute Gasteiger partial charge is 0.481 e. The lowest BCUT2D eigenvalue weighted by Crippen LogP contribution is -2.54. The zero-order valence-electron chi connectivity index (χ0n) is 10.2. The fourth-order valence-electron chi connectivity index (χ4n) is 1.97. The average Bonchev–Trinajstić information content (AvgIpc) is 2.65. The number of carbonyl (C=O) groups is 2. The van der Waals surface area contributed by atoms with Crippen LogP contribution in [0.15, 0.2) is 16.5 Å². The Kier molecular flexibility index (Phi) is 3.55. The standard InChI is InChI=1S/C12H16N2O4/c1-8-2-3-10(18-8)5-13-12(17)14-6-9(7-14)4-11(15)16/h2-3,9H,4-7H2,1H3,(H,13,17)(H,15,16). The minimum absolute atomic E-state index is 0.0825. The van der Waals surface area contributed by atoms with E-state index in [-0.39, 0.29) is 18.4 Å². The van der Waals surface area contributed by atoms with Crippen molar-refractivity contribution in [2.45, 2.75) is 19.9 Å². The molecule has 0 aromatic carbocycles. The molecule has 1 aromatic rings. The van der Waals surface area contributed by atoms with E-state index in [0.29, 0.717) is 25.4 Å². The van der Waals surface area contributed by atoms with Crippen molar-refractivity contribution in [2.24, 2.45) is 5.92 Å². The van der Waals surface area contributed by atoms with E-state index in [1.54, 1.807) is 4.90 Å². The van der Waals surface area contributed by atoms with Gasteiger partial charge >= 0.3 is 12.0 Å². The zero-order valence-corrected chi connectivity index (χ0v) is 10.2.